The van der Waals surface area contributed by atoms with Gasteiger partial charge in [-0.3, -0.25) is 9.89 Å². The van der Waals surface area contributed by atoms with Gasteiger partial charge in [0.05, 0.1) is 30.9 Å². The van der Waals surface area contributed by atoms with Crippen LogP contribution in [0.3, 0.4) is 0 Å². The highest BCUT2D eigenvalue weighted by Crippen LogP contribution is 2.46. The Morgan fingerprint density at radius 2 is 2.21 bits per heavy atom. The van der Waals surface area contributed by atoms with Crippen LogP contribution in [0.2, 0.25) is 0 Å². The largest absolute Gasteiger partial charge is 0.493 e. The highest BCUT2D eigenvalue weighted by Gasteiger charge is 2.29. The smallest absolute Gasteiger partial charge is 0.235 e. The van der Waals surface area contributed by atoms with E-state index in [1.807, 2.05) is 18.2 Å². The van der Waals surface area contributed by atoms with Crippen LogP contribution in [-0.4, -0.2) is 35.6 Å². The van der Waals surface area contributed by atoms with E-state index in [4.69, 9.17) is 9.47 Å². The summed E-state index contributed by atoms with van der Waals surface area (Å²) < 4.78 is 11.5. The molecule has 24 heavy (non-hydrogen) atoms. The van der Waals surface area contributed by atoms with Gasteiger partial charge in [-0.25, -0.2) is 0 Å². The van der Waals surface area contributed by atoms with E-state index in [0.29, 0.717) is 29.8 Å². The van der Waals surface area contributed by atoms with Gasteiger partial charge in [-0.2, -0.15) is 5.10 Å². The van der Waals surface area contributed by atoms with Gasteiger partial charge in [0.2, 0.25) is 5.91 Å². The zero-order valence-electron chi connectivity index (χ0n) is 14.0. The summed E-state index contributed by atoms with van der Waals surface area (Å²) in [7, 11) is 1.63. The number of benzene rings is 1. The van der Waals surface area contributed by atoms with Crippen LogP contribution in [0, 0.1) is 5.92 Å². The first-order valence-electron chi connectivity index (χ1n) is 7.84. The molecular weight excluding hydrogens is 326 g/mol. The molecule has 1 atom stereocenters. The molecule has 2 heterocycles. The average molecular weight is 347 g/mol. The van der Waals surface area contributed by atoms with E-state index in [9.17, 15) is 4.79 Å². The van der Waals surface area contributed by atoms with Gasteiger partial charge >= 0.3 is 0 Å². The Bertz CT molecular complexity index is 730. The fourth-order valence-electron chi connectivity index (χ4n) is 2.58. The molecule has 6 nitrogen and oxygen atoms in total. The fourth-order valence-corrected chi connectivity index (χ4v) is 3.69. The lowest BCUT2D eigenvalue weighted by Gasteiger charge is -2.21. The van der Waals surface area contributed by atoms with Gasteiger partial charge in [-0.05, 0) is 12.0 Å². The normalized spacial score (nSPS) is 17.2. The summed E-state index contributed by atoms with van der Waals surface area (Å²) in [6.07, 6.45) is 1.75. The number of nitrogens with one attached hydrogen (secondary N) is 2. The van der Waals surface area contributed by atoms with E-state index in [1.165, 1.54) is 0 Å². The molecule has 1 aliphatic heterocycles. The van der Waals surface area contributed by atoms with Gasteiger partial charge in [0.15, 0.2) is 11.5 Å². The molecule has 128 valence electrons. The van der Waals surface area contributed by atoms with Crippen LogP contribution in [0.5, 0.6) is 11.5 Å². The lowest BCUT2D eigenvalue weighted by molar-refractivity contribution is -0.113. The molecule has 7 heteroatoms. The second-order valence-electron chi connectivity index (χ2n) is 6.02. The van der Waals surface area contributed by atoms with Gasteiger partial charge in [-0.1, -0.05) is 26.0 Å². The van der Waals surface area contributed by atoms with E-state index in [-0.39, 0.29) is 11.2 Å². The summed E-state index contributed by atoms with van der Waals surface area (Å²) >= 11 is 1.55. The Labute approximate surface area is 145 Å². The Morgan fingerprint density at radius 3 is 2.96 bits per heavy atom. The van der Waals surface area contributed by atoms with E-state index in [2.05, 4.69) is 29.4 Å². The van der Waals surface area contributed by atoms with Crippen molar-refractivity contribution in [2.24, 2.45) is 5.92 Å². The molecule has 1 unspecified atom stereocenters. The van der Waals surface area contributed by atoms with Crippen LogP contribution in [0.1, 0.15) is 30.2 Å². The van der Waals surface area contributed by atoms with Gasteiger partial charge in [0, 0.05) is 11.1 Å². The molecule has 0 aliphatic carbocycles. The number of carbonyl (C=O) groups is 1. The van der Waals surface area contributed by atoms with Crippen molar-refractivity contribution in [3.8, 4) is 11.5 Å². The van der Waals surface area contributed by atoms with E-state index < -0.39 is 0 Å². The number of rotatable bonds is 5. The van der Waals surface area contributed by atoms with Crippen molar-refractivity contribution in [2.45, 2.75) is 19.1 Å². The van der Waals surface area contributed by atoms with E-state index in [0.717, 1.165) is 16.9 Å². The van der Waals surface area contributed by atoms with Crippen molar-refractivity contribution < 1.29 is 14.3 Å². The second kappa shape index (κ2) is 7.17. The number of para-hydroxylation sites is 1. The number of hydrogen-bond donors (Lipinski definition) is 2. The third-order valence-corrected chi connectivity index (χ3v) is 4.94. The molecule has 0 radical (unpaired) electrons. The number of H-pyrrole nitrogens is 1. The molecular formula is C17H21N3O3S. The van der Waals surface area contributed by atoms with Gasteiger partial charge in [0.1, 0.15) is 5.82 Å². The summed E-state index contributed by atoms with van der Waals surface area (Å²) in [6, 6.07) is 5.85. The second-order valence-corrected chi connectivity index (χ2v) is 7.12. The van der Waals surface area contributed by atoms with Crippen LogP contribution in [-0.2, 0) is 4.79 Å². The molecule has 0 fully saturated rings. The average Bonchev–Trinajstić information content (AvgIpc) is 2.95. The zero-order valence-corrected chi connectivity index (χ0v) is 14.8. The third-order valence-electron chi connectivity index (χ3n) is 3.67. The van der Waals surface area contributed by atoms with Crippen molar-refractivity contribution in [3.05, 3.63) is 35.5 Å². The summed E-state index contributed by atoms with van der Waals surface area (Å²) in [6.45, 7) is 4.80. The predicted molar refractivity (Wildman–Crippen MR) is 94.8 cm³/mol. The van der Waals surface area contributed by atoms with Crippen molar-refractivity contribution in [1.29, 1.82) is 0 Å². The third kappa shape index (κ3) is 3.36. The van der Waals surface area contributed by atoms with E-state index >= 15 is 0 Å². The molecule has 0 saturated heterocycles. The Kier molecular flexibility index (Phi) is 4.99. The minimum Gasteiger partial charge on any atom is -0.493 e. The fraction of sp³-hybridized carbons (Fsp3) is 0.412. The first kappa shape index (κ1) is 16.7. The molecule has 2 aromatic rings. The van der Waals surface area contributed by atoms with Crippen LogP contribution in [0.4, 0.5) is 5.82 Å². The maximum Gasteiger partial charge on any atom is 0.235 e. The molecule has 1 aliphatic rings. The minimum atomic E-state index is -0.0602. The SMILES string of the molecule is COc1cccc(C2SCC(=O)Nc3[nH]ncc32)c1OCC(C)C. The van der Waals surface area contributed by atoms with Crippen LogP contribution < -0.4 is 14.8 Å². The first-order chi connectivity index (χ1) is 11.6. The number of ether oxygens (including phenoxy) is 2. The van der Waals surface area contributed by atoms with Crippen molar-refractivity contribution in [1.82, 2.24) is 10.2 Å². The Hall–Kier alpha value is -2.15. The Balaban J connectivity index is 2.04. The summed E-state index contributed by atoms with van der Waals surface area (Å²) in [5.74, 6) is 2.80. The highest BCUT2D eigenvalue weighted by molar-refractivity contribution is 8.00. The summed E-state index contributed by atoms with van der Waals surface area (Å²) in [5, 5.41) is 9.73. The number of hydrogen-bond acceptors (Lipinski definition) is 5. The number of carbonyl (C=O) groups excluding carboxylic acids is 1. The van der Waals surface area contributed by atoms with E-state index in [1.54, 1.807) is 25.1 Å². The van der Waals surface area contributed by atoms with Crippen molar-refractivity contribution in [2.75, 3.05) is 24.8 Å². The first-order valence-corrected chi connectivity index (χ1v) is 8.89. The molecule has 0 bridgehead atoms. The predicted octanol–water partition coefficient (Wildman–Crippen LogP) is 3.23. The zero-order chi connectivity index (χ0) is 17.1. The summed E-state index contributed by atoms with van der Waals surface area (Å²) in [4.78, 5) is 11.9. The van der Waals surface area contributed by atoms with Crippen molar-refractivity contribution >= 4 is 23.5 Å². The monoisotopic (exact) mass is 347 g/mol. The number of nitrogens with zero attached hydrogens (tertiary/aromatic N) is 1. The topological polar surface area (TPSA) is 76.2 Å². The maximum atomic E-state index is 11.9. The molecule has 3 rings (SSSR count). The molecule has 2 N–H and O–H groups in total. The Morgan fingerprint density at radius 1 is 1.38 bits per heavy atom. The maximum absolute atomic E-state index is 11.9. The van der Waals surface area contributed by atoms with Gasteiger partial charge in [0.25, 0.3) is 0 Å². The quantitative estimate of drug-likeness (QED) is 0.868. The molecule has 1 amide bonds. The number of aromatic nitrogens is 2. The lowest BCUT2D eigenvalue weighted by Crippen LogP contribution is -2.12. The molecule has 1 aromatic heterocycles. The number of amides is 1. The number of methoxy groups -OCH3 is 1. The molecule has 0 spiro atoms. The number of thioether (sulfide) groups is 1. The lowest BCUT2D eigenvalue weighted by atomic mass is 10.0. The summed E-state index contributed by atoms with van der Waals surface area (Å²) in [5.41, 5.74) is 1.92. The van der Waals surface area contributed by atoms with Crippen LogP contribution >= 0.6 is 11.8 Å². The van der Waals surface area contributed by atoms with Gasteiger partial charge in [-0.15, -0.1) is 11.8 Å². The molecule has 0 saturated carbocycles. The van der Waals surface area contributed by atoms with Gasteiger partial charge < -0.3 is 14.8 Å². The number of fused-ring (bicyclic) bond motifs is 1. The number of aromatic amines is 1. The van der Waals surface area contributed by atoms with Crippen LogP contribution in [0.25, 0.3) is 0 Å². The minimum absolute atomic E-state index is 0.0412. The van der Waals surface area contributed by atoms with Crippen LogP contribution in [0.15, 0.2) is 24.4 Å². The van der Waals surface area contributed by atoms with Crippen molar-refractivity contribution in [3.63, 3.8) is 0 Å². The standard InChI is InChI=1S/C17H21N3O3S/c1-10(2)8-23-15-11(5-4-6-13(15)22-3)16-12-7-18-20-17(12)19-14(21)9-24-16/h4-7,10,16H,8-9H2,1-3H3,(H2,18,19,20,21). The molecule has 1 aromatic carbocycles. The highest BCUT2D eigenvalue weighted by atomic mass is 32.2. The number of anilines is 1.